The van der Waals surface area contributed by atoms with Gasteiger partial charge in [0.05, 0.1) is 10.7 Å². The molecule has 3 aromatic rings. The number of benzene rings is 2. The van der Waals surface area contributed by atoms with E-state index in [9.17, 15) is 0 Å². The summed E-state index contributed by atoms with van der Waals surface area (Å²) in [6, 6.07) is 15.6. The lowest BCUT2D eigenvalue weighted by Gasteiger charge is -2.11. The van der Waals surface area contributed by atoms with Crippen molar-refractivity contribution in [1.82, 2.24) is 4.98 Å². The molecule has 2 aromatic carbocycles. The standard InChI is InChI=1S/C17H15ClN2O/c1-11-6-7-15(18)16(8-11)21-17-14-5-3-2-4-12(14)9-13(10-19)20-17/h2-9H,10,19H2,1H3. The van der Waals surface area contributed by atoms with Gasteiger partial charge < -0.3 is 10.5 Å². The van der Waals surface area contributed by atoms with Crippen molar-refractivity contribution in [2.75, 3.05) is 0 Å². The highest BCUT2D eigenvalue weighted by Crippen LogP contribution is 2.33. The summed E-state index contributed by atoms with van der Waals surface area (Å²) in [5.74, 6) is 1.13. The van der Waals surface area contributed by atoms with E-state index in [2.05, 4.69) is 4.98 Å². The van der Waals surface area contributed by atoms with E-state index >= 15 is 0 Å². The fraction of sp³-hybridized carbons (Fsp3) is 0.118. The molecule has 1 heterocycles. The third-order valence-corrected chi connectivity index (χ3v) is 3.57. The van der Waals surface area contributed by atoms with Crippen LogP contribution >= 0.6 is 11.6 Å². The van der Waals surface area contributed by atoms with E-state index in [1.165, 1.54) is 0 Å². The van der Waals surface area contributed by atoms with E-state index in [1.807, 2.05) is 55.5 Å². The first kappa shape index (κ1) is 13.9. The zero-order chi connectivity index (χ0) is 14.8. The average Bonchev–Trinajstić information content (AvgIpc) is 2.50. The smallest absolute Gasteiger partial charge is 0.227 e. The number of pyridine rings is 1. The molecular formula is C17H15ClN2O. The Labute approximate surface area is 128 Å². The van der Waals surface area contributed by atoms with Crippen molar-refractivity contribution in [3.05, 3.63) is 64.8 Å². The minimum Gasteiger partial charge on any atom is -0.437 e. The molecule has 1 aromatic heterocycles. The van der Waals surface area contributed by atoms with Crippen molar-refractivity contribution < 1.29 is 4.74 Å². The van der Waals surface area contributed by atoms with Gasteiger partial charge in [0.1, 0.15) is 5.75 Å². The molecule has 0 saturated carbocycles. The second-order valence-electron chi connectivity index (χ2n) is 4.88. The predicted molar refractivity (Wildman–Crippen MR) is 85.9 cm³/mol. The minimum atomic E-state index is 0.364. The van der Waals surface area contributed by atoms with Crippen LogP contribution in [0, 0.1) is 6.92 Å². The van der Waals surface area contributed by atoms with Gasteiger partial charge in [0.25, 0.3) is 0 Å². The average molecular weight is 299 g/mol. The van der Waals surface area contributed by atoms with Crippen LogP contribution in [-0.2, 0) is 6.54 Å². The second kappa shape index (κ2) is 5.72. The summed E-state index contributed by atoms with van der Waals surface area (Å²) in [7, 11) is 0. The van der Waals surface area contributed by atoms with Crippen LogP contribution in [-0.4, -0.2) is 4.98 Å². The highest BCUT2D eigenvalue weighted by molar-refractivity contribution is 6.32. The van der Waals surface area contributed by atoms with Crippen molar-refractivity contribution in [3.8, 4) is 11.6 Å². The highest BCUT2D eigenvalue weighted by Gasteiger charge is 2.10. The lowest BCUT2D eigenvalue weighted by atomic mass is 10.1. The van der Waals surface area contributed by atoms with Gasteiger partial charge in [-0.2, -0.15) is 0 Å². The molecular weight excluding hydrogens is 284 g/mol. The van der Waals surface area contributed by atoms with Crippen molar-refractivity contribution in [3.63, 3.8) is 0 Å². The van der Waals surface area contributed by atoms with Crippen molar-refractivity contribution in [2.24, 2.45) is 5.73 Å². The number of rotatable bonds is 3. The van der Waals surface area contributed by atoms with Crippen LogP contribution in [0.15, 0.2) is 48.5 Å². The van der Waals surface area contributed by atoms with Gasteiger partial charge in [0.15, 0.2) is 0 Å². The molecule has 0 amide bonds. The van der Waals surface area contributed by atoms with E-state index in [4.69, 9.17) is 22.1 Å². The molecule has 0 unspecified atom stereocenters. The van der Waals surface area contributed by atoms with Gasteiger partial charge >= 0.3 is 0 Å². The van der Waals surface area contributed by atoms with E-state index in [0.29, 0.717) is 23.2 Å². The molecule has 0 atom stereocenters. The second-order valence-corrected chi connectivity index (χ2v) is 5.29. The van der Waals surface area contributed by atoms with Crippen LogP contribution in [0.4, 0.5) is 0 Å². The van der Waals surface area contributed by atoms with E-state index < -0.39 is 0 Å². The molecule has 3 rings (SSSR count). The molecule has 0 bridgehead atoms. The largest absolute Gasteiger partial charge is 0.437 e. The number of ether oxygens (including phenoxy) is 1. The van der Waals surface area contributed by atoms with Crippen LogP contribution in [0.25, 0.3) is 10.8 Å². The molecule has 4 heteroatoms. The van der Waals surface area contributed by atoms with Gasteiger partial charge in [0.2, 0.25) is 5.88 Å². The first-order chi connectivity index (χ1) is 10.2. The SMILES string of the molecule is Cc1ccc(Cl)c(Oc2nc(CN)cc3ccccc23)c1. The molecule has 2 N–H and O–H groups in total. The summed E-state index contributed by atoms with van der Waals surface area (Å²) in [6.45, 7) is 2.35. The van der Waals surface area contributed by atoms with E-state index in [-0.39, 0.29) is 0 Å². The summed E-state index contributed by atoms with van der Waals surface area (Å²) >= 11 is 6.19. The maximum absolute atomic E-state index is 6.19. The number of aromatic nitrogens is 1. The predicted octanol–water partition coefficient (Wildman–Crippen LogP) is 4.45. The zero-order valence-electron chi connectivity index (χ0n) is 11.6. The number of hydrogen-bond donors (Lipinski definition) is 1. The summed E-state index contributed by atoms with van der Waals surface area (Å²) in [5.41, 5.74) is 7.58. The third kappa shape index (κ3) is 2.84. The number of nitrogens with two attached hydrogens (primary N) is 1. The molecule has 0 saturated heterocycles. The molecule has 0 aliphatic carbocycles. The van der Waals surface area contributed by atoms with E-state index in [1.54, 1.807) is 0 Å². The minimum absolute atomic E-state index is 0.364. The van der Waals surface area contributed by atoms with Gasteiger partial charge in [-0.25, -0.2) is 4.98 Å². The number of halogens is 1. The van der Waals surface area contributed by atoms with Crippen LogP contribution in [0.5, 0.6) is 11.6 Å². The molecule has 0 radical (unpaired) electrons. The molecule has 106 valence electrons. The Kier molecular flexibility index (Phi) is 3.78. The first-order valence-electron chi connectivity index (χ1n) is 6.70. The lowest BCUT2D eigenvalue weighted by molar-refractivity contribution is 0.467. The Bertz CT molecular complexity index is 802. The maximum Gasteiger partial charge on any atom is 0.227 e. The van der Waals surface area contributed by atoms with E-state index in [0.717, 1.165) is 22.0 Å². The summed E-state index contributed by atoms with van der Waals surface area (Å²) < 4.78 is 5.95. The van der Waals surface area contributed by atoms with Gasteiger partial charge in [-0.3, -0.25) is 0 Å². The molecule has 3 nitrogen and oxygen atoms in total. The maximum atomic E-state index is 6.19. The van der Waals surface area contributed by atoms with Crippen LogP contribution in [0.1, 0.15) is 11.3 Å². The van der Waals surface area contributed by atoms with Crippen LogP contribution < -0.4 is 10.5 Å². The molecule has 21 heavy (non-hydrogen) atoms. The molecule has 0 fully saturated rings. The van der Waals surface area contributed by atoms with Crippen LogP contribution in [0.2, 0.25) is 5.02 Å². The van der Waals surface area contributed by atoms with Gasteiger partial charge in [0, 0.05) is 11.9 Å². The van der Waals surface area contributed by atoms with Gasteiger partial charge in [-0.1, -0.05) is 35.9 Å². The van der Waals surface area contributed by atoms with Crippen molar-refractivity contribution >= 4 is 22.4 Å². The number of hydrogen-bond acceptors (Lipinski definition) is 3. The summed E-state index contributed by atoms with van der Waals surface area (Å²) in [6.07, 6.45) is 0. The lowest BCUT2D eigenvalue weighted by Crippen LogP contribution is -2.01. The quantitative estimate of drug-likeness (QED) is 0.777. The zero-order valence-corrected chi connectivity index (χ0v) is 12.4. The summed E-state index contributed by atoms with van der Waals surface area (Å²) in [4.78, 5) is 4.48. The molecule has 0 aliphatic heterocycles. The van der Waals surface area contributed by atoms with Gasteiger partial charge in [-0.15, -0.1) is 0 Å². The third-order valence-electron chi connectivity index (χ3n) is 3.26. The number of nitrogens with zero attached hydrogens (tertiary/aromatic N) is 1. The van der Waals surface area contributed by atoms with Crippen molar-refractivity contribution in [1.29, 1.82) is 0 Å². The Balaban J connectivity index is 2.13. The Morgan fingerprint density at radius 3 is 2.76 bits per heavy atom. The molecule has 0 aliphatic rings. The van der Waals surface area contributed by atoms with Gasteiger partial charge in [-0.05, 0) is 42.1 Å². The fourth-order valence-corrected chi connectivity index (χ4v) is 2.35. The van der Waals surface area contributed by atoms with Crippen LogP contribution in [0.3, 0.4) is 0 Å². The summed E-state index contributed by atoms with van der Waals surface area (Å²) in [5, 5.41) is 2.55. The normalized spacial score (nSPS) is 10.8. The monoisotopic (exact) mass is 298 g/mol. The molecule has 0 spiro atoms. The van der Waals surface area contributed by atoms with Crippen molar-refractivity contribution in [2.45, 2.75) is 13.5 Å². The Morgan fingerprint density at radius 1 is 1.14 bits per heavy atom. The number of aryl methyl sites for hydroxylation is 1. The highest BCUT2D eigenvalue weighted by atomic mass is 35.5. The Hall–Kier alpha value is -2.10. The Morgan fingerprint density at radius 2 is 1.95 bits per heavy atom. The first-order valence-corrected chi connectivity index (χ1v) is 7.08. The fourth-order valence-electron chi connectivity index (χ4n) is 2.20. The number of fused-ring (bicyclic) bond motifs is 1. The topological polar surface area (TPSA) is 48.1 Å².